The summed E-state index contributed by atoms with van der Waals surface area (Å²) in [5, 5.41) is 0.874. The van der Waals surface area contributed by atoms with Gasteiger partial charge in [-0.25, -0.2) is 9.97 Å². The van der Waals surface area contributed by atoms with Crippen LogP contribution in [0, 0.1) is 5.92 Å². The average Bonchev–Trinajstić information content (AvgIpc) is 2.97. The van der Waals surface area contributed by atoms with E-state index in [4.69, 9.17) is 5.73 Å². The molecule has 0 radical (unpaired) electrons. The first kappa shape index (κ1) is 14.6. The lowest BCUT2D eigenvalue weighted by Crippen LogP contribution is -2.24. The number of nitrogens with two attached hydrogens (primary N) is 1. The fourth-order valence-corrected chi connectivity index (χ4v) is 3.36. The van der Waals surface area contributed by atoms with E-state index in [1.807, 2.05) is 47.4 Å². The predicted octanol–water partition coefficient (Wildman–Crippen LogP) is 2.81. The molecule has 1 atom stereocenters. The minimum Gasteiger partial charge on any atom is -0.383 e. The molecule has 3 aromatic rings. The van der Waals surface area contributed by atoms with E-state index < -0.39 is 0 Å². The minimum absolute atomic E-state index is 0.190. The molecule has 2 N–H and O–H groups in total. The number of anilines is 2. The van der Waals surface area contributed by atoms with Gasteiger partial charge in [-0.15, -0.1) is 0 Å². The molecular weight excluding hydrogens is 300 g/mol. The van der Waals surface area contributed by atoms with Gasteiger partial charge in [-0.1, -0.05) is 24.3 Å². The smallest absolute Gasteiger partial charge is 0.227 e. The summed E-state index contributed by atoms with van der Waals surface area (Å²) in [6.45, 7) is 0.752. The summed E-state index contributed by atoms with van der Waals surface area (Å²) < 4.78 is 0. The van der Waals surface area contributed by atoms with Gasteiger partial charge in [0.15, 0.2) is 0 Å². The van der Waals surface area contributed by atoms with E-state index in [-0.39, 0.29) is 5.91 Å². The highest BCUT2D eigenvalue weighted by Gasteiger charge is 2.30. The lowest BCUT2D eigenvalue weighted by atomic mass is 9.97. The Morgan fingerprint density at radius 1 is 1.12 bits per heavy atom. The molecule has 5 heteroatoms. The van der Waals surface area contributed by atoms with E-state index in [0.29, 0.717) is 18.2 Å². The summed E-state index contributed by atoms with van der Waals surface area (Å²) >= 11 is 0. The molecule has 0 bridgehead atoms. The summed E-state index contributed by atoms with van der Waals surface area (Å²) in [5.74, 6) is 0.992. The molecule has 2 aromatic carbocycles. The van der Waals surface area contributed by atoms with E-state index in [9.17, 15) is 4.79 Å². The molecule has 0 unspecified atom stereocenters. The van der Waals surface area contributed by atoms with Gasteiger partial charge in [0.2, 0.25) is 5.91 Å². The number of nitrogens with zero attached hydrogens (tertiary/aromatic N) is 3. The molecule has 0 aliphatic carbocycles. The van der Waals surface area contributed by atoms with Crippen molar-refractivity contribution in [3.8, 4) is 0 Å². The van der Waals surface area contributed by atoms with Crippen LogP contribution < -0.4 is 10.6 Å². The number of carbonyl (C=O) groups is 1. The molecule has 1 saturated heterocycles. The van der Waals surface area contributed by atoms with Crippen LogP contribution >= 0.6 is 0 Å². The Bertz CT molecular complexity index is 894. The number of carbonyl (C=O) groups excluding carboxylic acids is 1. The molecule has 24 heavy (non-hydrogen) atoms. The first-order valence-electron chi connectivity index (χ1n) is 8.05. The molecule has 5 nitrogen and oxygen atoms in total. The largest absolute Gasteiger partial charge is 0.383 e. The van der Waals surface area contributed by atoms with Crippen molar-refractivity contribution in [3.63, 3.8) is 0 Å². The van der Waals surface area contributed by atoms with E-state index in [1.165, 1.54) is 6.33 Å². The van der Waals surface area contributed by atoms with Crippen LogP contribution in [0.1, 0.15) is 12.0 Å². The lowest BCUT2D eigenvalue weighted by molar-refractivity contribution is -0.117. The summed E-state index contributed by atoms with van der Waals surface area (Å²) in [4.78, 5) is 22.5. The van der Waals surface area contributed by atoms with Crippen LogP contribution in [0.25, 0.3) is 10.9 Å². The van der Waals surface area contributed by atoms with Gasteiger partial charge in [0.1, 0.15) is 12.1 Å². The van der Waals surface area contributed by atoms with Crippen molar-refractivity contribution in [2.75, 3.05) is 17.2 Å². The highest BCUT2D eigenvalue weighted by atomic mass is 16.2. The van der Waals surface area contributed by atoms with Gasteiger partial charge in [0.25, 0.3) is 0 Å². The van der Waals surface area contributed by atoms with Gasteiger partial charge in [0.05, 0.1) is 5.52 Å². The normalized spacial score (nSPS) is 17.6. The van der Waals surface area contributed by atoms with Crippen LogP contribution in [-0.2, 0) is 11.2 Å². The van der Waals surface area contributed by atoms with Crippen LogP contribution in [0.5, 0.6) is 0 Å². The highest BCUT2D eigenvalue weighted by Crippen LogP contribution is 2.28. The van der Waals surface area contributed by atoms with Crippen molar-refractivity contribution < 1.29 is 4.79 Å². The second-order valence-electron chi connectivity index (χ2n) is 6.22. The molecule has 0 spiro atoms. The van der Waals surface area contributed by atoms with Crippen molar-refractivity contribution in [1.29, 1.82) is 0 Å². The van der Waals surface area contributed by atoms with Gasteiger partial charge >= 0.3 is 0 Å². The first-order valence-corrected chi connectivity index (χ1v) is 8.05. The number of rotatable bonds is 3. The average molecular weight is 318 g/mol. The van der Waals surface area contributed by atoms with Crippen molar-refractivity contribution in [2.45, 2.75) is 12.8 Å². The summed E-state index contributed by atoms with van der Waals surface area (Å²) in [7, 11) is 0. The van der Waals surface area contributed by atoms with E-state index in [1.54, 1.807) is 0 Å². The standard InChI is InChI=1S/C19H18N4O/c20-19-16-9-13(6-7-17(16)21-12-22-19)8-14-10-18(24)23(11-14)15-4-2-1-3-5-15/h1-7,9,12,14H,8,10-11H2,(H2,20,21,22)/t14-/m0/s1. The number of fused-ring (bicyclic) bond motifs is 1. The highest BCUT2D eigenvalue weighted by molar-refractivity contribution is 5.95. The first-order chi connectivity index (χ1) is 11.7. The zero-order chi connectivity index (χ0) is 16.5. The zero-order valence-electron chi connectivity index (χ0n) is 13.2. The third-order valence-electron chi connectivity index (χ3n) is 4.53. The van der Waals surface area contributed by atoms with Crippen molar-refractivity contribution >= 4 is 28.3 Å². The number of hydrogen-bond donors (Lipinski definition) is 1. The summed E-state index contributed by atoms with van der Waals surface area (Å²) in [5.41, 5.74) is 8.92. The summed E-state index contributed by atoms with van der Waals surface area (Å²) in [6.07, 6.45) is 2.90. The third kappa shape index (κ3) is 2.69. The molecule has 1 aliphatic heterocycles. The number of hydrogen-bond acceptors (Lipinski definition) is 4. The number of para-hydroxylation sites is 1. The summed E-state index contributed by atoms with van der Waals surface area (Å²) in [6, 6.07) is 15.9. The lowest BCUT2D eigenvalue weighted by Gasteiger charge is -2.16. The second-order valence-corrected chi connectivity index (χ2v) is 6.22. The Balaban J connectivity index is 1.54. The minimum atomic E-state index is 0.190. The Morgan fingerprint density at radius 2 is 1.96 bits per heavy atom. The van der Waals surface area contributed by atoms with E-state index in [2.05, 4.69) is 16.0 Å². The third-order valence-corrected chi connectivity index (χ3v) is 4.53. The zero-order valence-corrected chi connectivity index (χ0v) is 13.2. The monoisotopic (exact) mass is 318 g/mol. The SMILES string of the molecule is Nc1ncnc2ccc(C[C@H]3CC(=O)N(c4ccccc4)C3)cc12. The Labute approximate surface area is 140 Å². The maximum Gasteiger partial charge on any atom is 0.227 e. The van der Waals surface area contributed by atoms with Gasteiger partial charge < -0.3 is 10.6 Å². The quantitative estimate of drug-likeness (QED) is 0.806. The molecule has 1 aliphatic rings. The fraction of sp³-hybridized carbons (Fsp3) is 0.211. The Morgan fingerprint density at radius 3 is 2.79 bits per heavy atom. The van der Waals surface area contributed by atoms with Crippen LogP contribution in [0.2, 0.25) is 0 Å². The molecule has 1 aromatic heterocycles. The molecule has 1 amide bonds. The number of nitrogen functional groups attached to an aromatic ring is 1. The van der Waals surface area contributed by atoms with Gasteiger partial charge in [0, 0.05) is 24.0 Å². The van der Waals surface area contributed by atoms with E-state index in [0.717, 1.165) is 35.1 Å². The van der Waals surface area contributed by atoms with Crippen LogP contribution in [-0.4, -0.2) is 22.4 Å². The van der Waals surface area contributed by atoms with Gasteiger partial charge in [-0.05, 0) is 42.2 Å². The number of amides is 1. The van der Waals surface area contributed by atoms with Crippen LogP contribution in [0.4, 0.5) is 11.5 Å². The molecule has 4 rings (SSSR count). The topological polar surface area (TPSA) is 72.1 Å². The predicted molar refractivity (Wildman–Crippen MR) is 94.6 cm³/mol. The van der Waals surface area contributed by atoms with E-state index >= 15 is 0 Å². The molecule has 0 saturated carbocycles. The van der Waals surface area contributed by atoms with Crippen LogP contribution in [0.15, 0.2) is 54.9 Å². The maximum absolute atomic E-state index is 12.3. The molecule has 2 heterocycles. The Hall–Kier alpha value is -2.95. The maximum atomic E-state index is 12.3. The van der Waals surface area contributed by atoms with Crippen molar-refractivity contribution in [1.82, 2.24) is 9.97 Å². The molecule has 1 fully saturated rings. The molecule has 120 valence electrons. The fourth-order valence-electron chi connectivity index (χ4n) is 3.36. The number of aromatic nitrogens is 2. The number of benzene rings is 2. The Kier molecular flexibility index (Phi) is 3.61. The second kappa shape index (κ2) is 5.92. The van der Waals surface area contributed by atoms with Gasteiger partial charge in [-0.2, -0.15) is 0 Å². The van der Waals surface area contributed by atoms with Crippen molar-refractivity contribution in [3.05, 3.63) is 60.4 Å². The van der Waals surface area contributed by atoms with Gasteiger partial charge in [-0.3, -0.25) is 4.79 Å². The van der Waals surface area contributed by atoms with Crippen LogP contribution in [0.3, 0.4) is 0 Å². The van der Waals surface area contributed by atoms with Crippen molar-refractivity contribution in [2.24, 2.45) is 5.92 Å². The molecular formula is C19H18N4O.